The highest BCUT2D eigenvalue weighted by molar-refractivity contribution is 5.86. The van der Waals surface area contributed by atoms with E-state index in [9.17, 15) is 15.3 Å². The summed E-state index contributed by atoms with van der Waals surface area (Å²) in [6.07, 6.45) is 5.00. The number of benzene rings is 3. The molecule has 0 radical (unpaired) electrons. The molecule has 10 heteroatoms. The first-order valence-electron chi connectivity index (χ1n) is 15.3. The number of ether oxygens (including phenoxy) is 3. The summed E-state index contributed by atoms with van der Waals surface area (Å²) in [5.74, 6) is 2.38. The number of phenols is 3. The van der Waals surface area contributed by atoms with E-state index in [1.165, 1.54) is 0 Å². The van der Waals surface area contributed by atoms with Gasteiger partial charge in [0, 0.05) is 86.6 Å². The fraction of sp³-hybridized carbons (Fsp3) is 0.429. The molecule has 0 amide bonds. The fourth-order valence-corrected chi connectivity index (χ4v) is 5.87. The van der Waals surface area contributed by atoms with E-state index >= 15 is 0 Å². The third kappa shape index (κ3) is 8.26. The van der Waals surface area contributed by atoms with E-state index in [2.05, 4.69) is 19.8 Å². The Balaban J connectivity index is 1.42. The van der Waals surface area contributed by atoms with Crippen LogP contribution in [0.25, 0.3) is 0 Å². The highest BCUT2D eigenvalue weighted by atomic mass is 16.5. The maximum Gasteiger partial charge on any atom is 0.128 e. The first-order chi connectivity index (χ1) is 21.7. The molecule has 3 aromatic carbocycles. The van der Waals surface area contributed by atoms with Gasteiger partial charge in [0.1, 0.15) is 34.5 Å². The zero-order valence-corrected chi connectivity index (χ0v) is 27.2. The van der Waals surface area contributed by atoms with Crippen molar-refractivity contribution in [1.82, 2.24) is 9.80 Å². The Labute approximate surface area is 266 Å². The number of phenolic OH excluding ortho intramolecular Hbond substituents is 3. The van der Waals surface area contributed by atoms with Crippen LogP contribution in [0.4, 0.5) is 0 Å². The molecule has 0 saturated carbocycles. The van der Waals surface area contributed by atoms with E-state index in [0.29, 0.717) is 41.5 Å². The molecule has 1 aliphatic heterocycles. The standard InChI is InChI=1S/C35H46N4O6/c1-23-15-26(43-4)18-31(40)29(23)21-36-9-7-11-38-13-14-39(35(38)34-25(3)17-28(45-6)20-33(34)42)12-8-10-37-22-30-24(2)16-27(44-5)19-32(30)41/h15-22,35,40-42H,7-14H2,1-6H3. The number of aliphatic imine (C=N–C) groups is 2. The van der Waals surface area contributed by atoms with E-state index < -0.39 is 0 Å². The predicted molar refractivity (Wildman–Crippen MR) is 178 cm³/mol. The van der Waals surface area contributed by atoms with Gasteiger partial charge in [0.25, 0.3) is 0 Å². The molecule has 0 bridgehead atoms. The normalized spacial score (nSPS) is 15.8. The summed E-state index contributed by atoms with van der Waals surface area (Å²) >= 11 is 0. The Bertz CT molecular complexity index is 1370. The van der Waals surface area contributed by atoms with Gasteiger partial charge in [-0.3, -0.25) is 19.8 Å². The summed E-state index contributed by atoms with van der Waals surface area (Å²) in [7, 11) is 4.75. The monoisotopic (exact) mass is 618 g/mol. The van der Waals surface area contributed by atoms with Gasteiger partial charge in [-0.25, -0.2) is 0 Å². The highest BCUT2D eigenvalue weighted by Gasteiger charge is 2.35. The Hall–Kier alpha value is -4.28. The van der Waals surface area contributed by atoms with Gasteiger partial charge in [0.2, 0.25) is 0 Å². The van der Waals surface area contributed by atoms with Crippen molar-refractivity contribution in [3.63, 3.8) is 0 Å². The second kappa shape index (κ2) is 15.6. The minimum Gasteiger partial charge on any atom is -0.507 e. The SMILES string of the molecule is COc1cc(C)c(C=NCCCN2CCN(CCCN=Cc3c(C)cc(OC)cc3O)C2c2c(C)cc(OC)cc2O)c(O)c1. The van der Waals surface area contributed by atoms with Gasteiger partial charge in [0.05, 0.1) is 27.5 Å². The number of aromatic hydroxyl groups is 3. The number of nitrogens with zero attached hydrogens (tertiary/aromatic N) is 4. The molecule has 1 fully saturated rings. The molecular weight excluding hydrogens is 572 g/mol. The number of hydrogen-bond acceptors (Lipinski definition) is 10. The van der Waals surface area contributed by atoms with Gasteiger partial charge in [0.15, 0.2) is 0 Å². The first-order valence-corrected chi connectivity index (χ1v) is 15.3. The van der Waals surface area contributed by atoms with Gasteiger partial charge in [-0.1, -0.05) is 0 Å². The molecule has 3 N–H and O–H groups in total. The summed E-state index contributed by atoms with van der Waals surface area (Å²) in [5.41, 5.74) is 5.05. The second-order valence-corrected chi connectivity index (χ2v) is 11.4. The Morgan fingerprint density at radius 1 is 0.644 bits per heavy atom. The maximum absolute atomic E-state index is 11.1. The quantitative estimate of drug-likeness (QED) is 0.163. The van der Waals surface area contributed by atoms with Crippen LogP contribution in [-0.2, 0) is 0 Å². The van der Waals surface area contributed by atoms with Crippen LogP contribution in [0, 0.1) is 20.8 Å². The highest BCUT2D eigenvalue weighted by Crippen LogP contribution is 2.39. The molecule has 0 spiro atoms. The smallest absolute Gasteiger partial charge is 0.128 e. The molecule has 10 nitrogen and oxygen atoms in total. The zero-order chi connectivity index (χ0) is 32.5. The Morgan fingerprint density at radius 3 is 1.42 bits per heavy atom. The van der Waals surface area contributed by atoms with E-state index in [-0.39, 0.29) is 23.4 Å². The van der Waals surface area contributed by atoms with Crippen molar-refractivity contribution >= 4 is 12.4 Å². The van der Waals surface area contributed by atoms with Crippen molar-refractivity contribution in [2.24, 2.45) is 9.98 Å². The van der Waals surface area contributed by atoms with Crippen LogP contribution in [0.3, 0.4) is 0 Å². The van der Waals surface area contributed by atoms with Gasteiger partial charge < -0.3 is 29.5 Å². The molecule has 242 valence electrons. The Morgan fingerprint density at radius 2 is 1.04 bits per heavy atom. The molecule has 0 aliphatic carbocycles. The second-order valence-electron chi connectivity index (χ2n) is 11.4. The van der Waals surface area contributed by atoms with E-state index in [1.807, 2.05) is 39.0 Å². The predicted octanol–water partition coefficient (Wildman–Crippen LogP) is 5.39. The van der Waals surface area contributed by atoms with Crippen LogP contribution in [-0.4, -0.2) is 98.1 Å². The van der Waals surface area contributed by atoms with Crippen molar-refractivity contribution in [2.45, 2.75) is 39.8 Å². The van der Waals surface area contributed by atoms with Gasteiger partial charge in [-0.2, -0.15) is 0 Å². The third-order valence-corrected chi connectivity index (χ3v) is 8.25. The van der Waals surface area contributed by atoms with Crippen LogP contribution in [0.2, 0.25) is 0 Å². The van der Waals surface area contributed by atoms with E-state index in [0.717, 1.165) is 61.3 Å². The molecule has 3 aromatic rings. The lowest BCUT2D eigenvalue weighted by molar-refractivity contribution is 0.132. The van der Waals surface area contributed by atoms with Gasteiger partial charge in [-0.05, 0) is 68.5 Å². The number of rotatable bonds is 14. The number of methoxy groups -OCH3 is 3. The fourth-order valence-electron chi connectivity index (χ4n) is 5.87. The minimum atomic E-state index is -0.0929. The third-order valence-electron chi connectivity index (χ3n) is 8.25. The summed E-state index contributed by atoms with van der Waals surface area (Å²) in [6.45, 7) is 10.4. The molecule has 4 rings (SSSR count). The molecule has 0 unspecified atom stereocenters. The largest absolute Gasteiger partial charge is 0.507 e. The first kappa shape index (κ1) is 33.6. The Kier molecular flexibility index (Phi) is 11.7. The van der Waals surface area contributed by atoms with Crippen LogP contribution in [0.15, 0.2) is 46.4 Å². The molecule has 1 saturated heterocycles. The summed E-state index contributed by atoms with van der Waals surface area (Å²) in [5, 5.41) is 31.9. The van der Waals surface area contributed by atoms with Crippen LogP contribution >= 0.6 is 0 Å². The maximum atomic E-state index is 11.1. The van der Waals surface area contributed by atoms with Crippen molar-refractivity contribution < 1.29 is 29.5 Å². The van der Waals surface area contributed by atoms with Crippen molar-refractivity contribution in [2.75, 3.05) is 60.6 Å². The molecule has 0 atom stereocenters. The van der Waals surface area contributed by atoms with Crippen LogP contribution in [0.5, 0.6) is 34.5 Å². The molecular formula is C35H46N4O6. The van der Waals surface area contributed by atoms with Crippen LogP contribution < -0.4 is 14.2 Å². The van der Waals surface area contributed by atoms with Crippen molar-refractivity contribution in [3.8, 4) is 34.5 Å². The van der Waals surface area contributed by atoms with Crippen molar-refractivity contribution in [3.05, 3.63) is 69.8 Å². The summed E-state index contributed by atoms with van der Waals surface area (Å²) in [6, 6.07) is 10.6. The number of hydrogen-bond donors (Lipinski definition) is 3. The van der Waals surface area contributed by atoms with E-state index in [1.54, 1.807) is 52.0 Å². The summed E-state index contributed by atoms with van der Waals surface area (Å²) in [4.78, 5) is 14.0. The molecule has 0 aromatic heterocycles. The average Bonchev–Trinajstić information content (AvgIpc) is 3.40. The zero-order valence-electron chi connectivity index (χ0n) is 27.2. The lowest BCUT2D eigenvalue weighted by atomic mass is 10.0. The van der Waals surface area contributed by atoms with Crippen molar-refractivity contribution in [1.29, 1.82) is 0 Å². The van der Waals surface area contributed by atoms with Gasteiger partial charge >= 0.3 is 0 Å². The summed E-state index contributed by atoms with van der Waals surface area (Å²) < 4.78 is 15.8. The lowest BCUT2D eigenvalue weighted by Crippen LogP contribution is -2.33. The minimum absolute atomic E-state index is 0.0929. The number of aryl methyl sites for hydroxylation is 3. The van der Waals surface area contributed by atoms with E-state index in [4.69, 9.17) is 14.2 Å². The average molecular weight is 619 g/mol. The van der Waals surface area contributed by atoms with Crippen LogP contribution in [0.1, 0.15) is 52.4 Å². The topological polar surface area (TPSA) is 120 Å². The van der Waals surface area contributed by atoms with Gasteiger partial charge in [-0.15, -0.1) is 0 Å². The molecule has 1 aliphatic rings. The molecule has 1 heterocycles. The molecule has 45 heavy (non-hydrogen) atoms. The lowest BCUT2D eigenvalue weighted by Gasteiger charge is -2.32.